The second-order valence-corrected chi connectivity index (χ2v) is 7.90. The third-order valence-corrected chi connectivity index (χ3v) is 6.13. The summed E-state index contributed by atoms with van der Waals surface area (Å²) in [6.07, 6.45) is 8.31. The molecule has 9 nitrogen and oxygen atoms in total. The first-order chi connectivity index (χ1) is 13.6. The molecule has 0 bridgehead atoms. The maximum absolute atomic E-state index is 12.8. The highest BCUT2D eigenvalue weighted by Crippen LogP contribution is 2.40. The number of rotatable bonds is 4. The van der Waals surface area contributed by atoms with Crippen LogP contribution in [0, 0.1) is 5.41 Å². The number of aromatic nitrogens is 5. The van der Waals surface area contributed by atoms with Gasteiger partial charge in [-0.25, -0.2) is 4.68 Å². The fraction of sp³-hybridized carbons (Fsp3) is 0.579. The normalized spacial score (nSPS) is 20.4. The topological polar surface area (TPSA) is 97.1 Å². The molecule has 2 amide bonds. The van der Waals surface area contributed by atoms with Crippen molar-refractivity contribution in [2.45, 2.75) is 45.2 Å². The molecule has 1 unspecified atom stereocenters. The molecule has 28 heavy (non-hydrogen) atoms. The number of hydrogen-bond donors (Lipinski definition) is 0. The molecule has 4 rings (SSSR count). The fourth-order valence-electron chi connectivity index (χ4n) is 4.29. The zero-order chi connectivity index (χ0) is 19.6. The summed E-state index contributed by atoms with van der Waals surface area (Å²) < 4.78 is 1.49. The summed E-state index contributed by atoms with van der Waals surface area (Å²) in [6, 6.07) is 3.51. The minimum Gasteiger partial charge on any atom is -0.341 e. The highest BCUT2D eigenvalue weighted by molar-refractivity contribution is 5.80. The summed E-state index contributed by atoms with van der Waals surface area (Å²) in [5.74, 6) is 0.260. The average Bonchev–Trinajstić information content (AvgIpc) is 3.26. The Bertz CT molecular complexity index is 816. The molecule has 2 aromatic heterocycles. The molecule has 148 valence electrons. The molecule has 4 heterocycles. The maximum atomic E-state index is 12.8. The lowest BCUT2D eigenvalue weighted by Crippen LogP contribution is -2.52. The van der Waals surface area contributed by atoms with Gasteiger partial charge < -0.3 is 9.80 Å². The average molecular weight is 383 g/mol. The van der Waals surface area contributed by atoms with Crippen molar-refractivity contribution in [2.24, 2.45) is 5.41 Å². The van der Waals surface area contributed by atoms with Crippen molar-refractivity contribution in [3.63, 3.8) is 0 Å². The summed E-state index contributed by atoms with van der Waals surface area (Å²) in [5, 5.41) is 11.1. The molecule has 9 heteroatoms. The first-order valence-corrected chi connectivity index (χ1v) is 9.74. The van der Waals surface area contributed by atoms with Gasteiger partial charge in [0.05, 0.1) is 0 Å². The van der Waals surface area contributed by atoms with Crippen LogP contribution in [-0.4, -0.2) is 66.4 Å². The Labute approximate surface area is 163 Å². The Morgan fingerprint density at radius 2 is 1.96 bits per heavy atom. The summed E-state index contributed by atoms with van der Waals surface area (Å²) in [5.41, 5.74) is 1.21. The van der Waals surface area contributed by atoms with Crippen molar-refractivity contribution in [1.29, 1.82) is 0 Å². The van der Waals surface area contributed by atoms with Crippen LogP contribution in [0.15, 0.2) is 30.9 Å². The highest BCUT2D eigenvalue weighted by atomic mass is 16.2. The van der Waals surface area contributed by atoms with Crippen molar-refractivity contribution in [2.75, 3.05) is 19.6 Å². The van der Waals surface area contributed by atoms with Gasteiger partial charge in [0.25, 0.3) is 0 Å². The number of tetrazole rings is 1. The highest BCUT2D eigenvalue weighted by Gasteiger charge is 2.42. The van der Waals surface area contributed by atoms with E-state index < -0.39 is 6.04 Å². The quantitative estimate of drug-likeness (QED) is 0.783. The van der Waals surface area contributed by atoms with Crippen LogP contribution in [0.2, 0.25) is 0 Å². The van der Waals surface area contributed by atoms with Gasteiger partial charge in [0.15, 0.2) is 0 Å². The minimum atomic E-state index is -0.403. The summed E-state index contributed by atoms with van der Waals surface area (Å²) in [4.78, 5) is 33.1. The standard InChI is InChI=1S/C19H25N7O2/c1-15(26-14-21-22-23-26)18(28)24-10-6-19(7-11-24)5-2-17(27)25(13-19)12-16-3-8-20-9-4-16/h3-4,8-9,14-15H,2,5-7,10-13H2,1H3. The molecular weight excluding hydrogens is 358 g/mol. The van der Waals surface area contributed by atoms with Crippen LogP contribution in [0.4, 0.5) is 0 Å². The molecule has 2 saturated heterocycles. The van der Waals surface area contributed by atoms with Crippen molar-refractivity contribution in [3.8, 4) is 0 Å². The summed E-state index contributed by atoms with van der Waals surface area (Å²) >= 11 is 0. The molecule has 1 atom stereocenters. The van der Waals surface area contributed by atoms with Crippen LogP contribution >= 0.6 is 0 Å². The molecule has 0 N–H and O–H groups in total. The Balaban J connectivity index is 1.37. The van der Waals surface area contributed by atoms with Crippen molar-refractivity contribution in [1.82, 2.24) is 35.0 Å². The molecule has 0 radical (unpaired) electrons. The van der Waals surface area contributed by atoms with Gasteiger partial charge in [-0.2, -0.15) is 0 Å². The number of amides is 2. The molecule has 2 aliphatic rings. The van der Waals surface area contributed by atoms with Crippen LogP contribution in [0.3, 0.4) is 0 Å². The Morgan fingerprint density at radius 3 is 2.64 bits per heavy atom. The van der Waals surface area contributed by atoms with Gasteiger partial charge in [0.1, 0.15) is 12.4 Å². The zero-order valence-electron chi connectivity index (χ0n) is 16.1. The number of hydrogen-bond acceptors (Lipinski definition) is 6. The van der Waals surface area contributed by atoms with E-state index in [2.05, 4.69) is 20.5 Å². The molecule has 1 spiro atoms. The van der Waals surface area contributed by atoms with Crippen LogP contribution in [0.1, 0.15) is 44.2 Å². The monoisotopic (exact) mass is 383 g/mol. The van der Waals surface area contributed by atoms with E-state index in [9.17, 15) is 9.59 Å². The lowest BCUT2D eigenvalue weighted by Gasteiger charge is -2.47. The van der Waals surface area contributed by atoms with E-state index in [1.165, 1.54) is 11.0 Å². The largest absolute Gasteiger partial charge is 0.341 e. The smallest absolute Gasteiger partial charge is 0.247 e. The number of piperidine rings is 2. The molecule has 2 aromatic rings. The zero-order valence-corrected chi connectivity index (χ0v) is 16.1. The van der Waals surface area contributed by atoms with Crippen LogP contribution in [0.25, 0.3) is 0 Å². The van der Waals surface area contributed by atoms with E-state index >= 15 is 0 Å². The van der Waals surface area contributed by atoms with Gasteiger partial charge in [-0.1, -0.05) is 0 Å². The summed E-state index contributed by atoms with van der Waals surface area (Å²) in [6.45, 7) is 4.63. The second kappa shape index (κ2) is 7.65. The molecule has 2 aliphatic heterocycles. The predicted molar refractivity (Wildman–Crippen MR) is 99.7 cm³/mol. The van der Waals surface area contributed by atoms with Gasteiger partial charge in [0.2, 0.25) is 11.8 Å². The van der Waals surface area contributed by atoms with Crippen LogP contribution in [-0.2, 0) is 16.1 Å². The number of nitrogens with zero attached hydrogens (tertiary/aromatic N) is 7. The lowest BCUT2D eigenvalue weighted by atomic mass is 9.72. The van der Waals surface area contributed by atoms with Gasteiger partial charge in [-0.15, -0.1) is 5.10 Å². The third-order valence-electron chi connectivity index (χ3n) is 6.13. The van der Waals surface area contributed by atoms with Crippen LogP contribution in [0.5, 0.6) is 0 Å². The minimum absolute atomic E-state index is 0.0441. The van der Waals surface area contributed by atoms with Gasteiger partial charge in [-0.3, -0.25) is 14.6 Å². The first-order valence-electron chi connectivity index (χ1n) is 9.74. The van der Waals surface area contributed by atoms with E-state index in [1.807, 2.05) is 28.9 Å². The first kappa shape index (κ1) is 18.5. The Hall–Kier alpha value is -2.84. The molecule has 0 saturated carbocycles. The van der Waals surface area contributed by atoms with E-state index in [4.69, 9.17) is 0 Å². The number of pyridine rings is 1. The number of carbonyl (C=O) groups is 2. The van der Waals surface area contributed by atoms with Crippen LogP contribution < -0.4 is 0 Å². The van der Waals surface area contributed by atoms with Gasteiger partial charge in [-0.05, 0) is 59.7 Å². The Kier molecular flexibility index (Phi) is 5.06. The second-order valence-electron chi connectivity index (χ2n) is 7.90. The molecule has 2 fully saturated rings. The van der Waals surface area contributed by atoms with E-state index in [1.54, 1.807) is 12.4 Å². The van der Waals surface area contributed by atoms with Gasteiger partial charge >= 0.3 is 0 Å². The van der Waals surface area contributed by atoms with E-state index in [0.717, 1.165) is 31.4 Å². The predicted octanol–water partition coefficient (Wildman–Crippen LogP) is 1.06. The van der Waals surface area contributed by atoms with Gasteiger partial charge in [0, 0.05) is 45.0 Å². The Morgan fingerprint density at radius 1 is 1.21 bits per heavy atom. The maximum Gasteiger partial charge on any atom is 0.247 e. The number of likely N-dealkylation sites (tertiary alicyclic amines) is 2. The molecule has 0 aliphatic carbocycles. The van der Waals surface area contributed by atoms with Crippen molar-refractivity contribution in [3.05, 3.63) is 36.4 Å². The van der Waals surface area contributed by atoms with Crippen molar-refractivity contribution < 1.29 is 9.59 Å². The summed E-state index contributed by atoms with van der Waals surface area (Å²) in [7, 11) is 0. The van der Waals surface area contributed by atoms with E-state index in [-0.39, 0.29) is 17.2 Å². The lowest BCUT2D eigenvalue weighted by molar-refractivity contribution is -0.144. The fourth-order valence-corrected chi connectivity index (χ4v) is 4.29. The number of carbonyl (C=O) groups excluding carboxylic acids is 2. The third kappa shape index (κ3) is 3.74. The molecular formula is C19H25N7O2. The van der Waals surface area contributed by atoms with Crippen molar-refractivity contribution >= 4 is 11.8 Å². The molecule has 0 aromatic carbocycles. The van der Waals surface area contributed by atoms with E-state index in [0.29, 0.717) is 26.1 Å². The SMILES string of the molecule is CC(C(=O)N1CCC2(CCC(=O)N(Cc3ccncc3)C2)CC1)n1cnnn1.